The predicted molar refractivity (Wildman–Crippen MR) is 558 cm³/mol. The van der Waals surface area contributed by atoms with Gasteiger partial charge in [-0.25, -0.2) is 19.2 Å². The van der Waals surface area contributed by atoms with Crippen molar-refractivity contribution >= 4 is 82.6 Å². The number of nitrogens with zero attached hydrogens (tertiary/aromatic N) is 8. The summed E-state index contributed by atoms with van der Waals surface area (Å²) in [4.78, 5) is 142. The molecule has 17 rings (SSSR count). The number of anilines is 3. The molecule has 148 heavy (non-hydrogen) atoms. The Kier molecular flexibility index (Phi) is 44.1. The molecule has 7 aromatic carbocycles. The lowest BCUT2D eigenvalue weighted by Gasteiger charge is -2.40. The van der Waals surface area contributed by atoms with Crippen LogP contribution in [0.3, 0.4) is 0 Å². The highest BCUT2D eigenvalue weighted by Gasteiger charge is 2.52. The summed E-state index contributed by atoms with van der Waals surface area (Å²) >= 11 is 0. The minimum absolute atomic E-state index is 0.0277. The molecule has 10 saturated heterocycles. The molecular weight excluding hydrogens is 1910 g/mol. The van der Waals surface area contributed by atoms with Crippen LogP contribution in [0.15, 0.2) is 183 Å². The van der Waals surface area contributed by atoms with Gasteiger partial charge in [0.05, 0.1) is 37.6 Å². The molecule has 0 atom stereocenters. The van der Waals surface area contributed by atoms with Crippen molar-refractivity contribution in [3.8, 4) is 5.75 Å². The lowest BCUT2D eigenvalue weighted by Crippen LogP contribution is -2.55. The number of nitro groups is 1. The van der Waals surface area contributed by atoms with E-state index in [1.54, 1.807) is 124 Å². The number of non-ortho nitro benzene ring substituents is 1. The molecule has 41 heteroatoms. The minimum atomic E-state index is -4.38. The number of nitrogens with one attached hydrogen (secondary N) is 10. The van der Waals surface area contributed by atoms with E-state index in [9.17, 15) is 71.2 Å². The zero-order chi connectivity index (χ0) is 106. The van der Waals surface area contributed by atoms with Crippen molar-refractivity contribution in [3.05, 3.63) is 243 Å². The van der Waals surface area contributed by atoms with Gasteiger partial charge in [0.1, 0.15) is 48.8 Å². The summed E-state index contributed by atoms with van der Waals surface area (Å²) < 4.78 is 65.3. The third kappa shape index (κ3) is 31.9. The molecule has 10 fully saturated rings. The molecule has 3 spiro atoms. The molecule has 0 saturated carbocycles. The van der Waals surface area contributed by atoms with E-state index < -0.39 is 39.9 Å². The maximum Gasteiger partial charge on any atom is 0.416 e. The number of nitro benzene ring substituents is 1. The normalized spacial score (nSPS) is 17.8. The first kappa shape index (κ1) is 115. The summed E-state index contributed by atoms with van der Waals surface area (Å²) in [6.07, 6.45) is 9.20. The van der Waals surface area contributed by atoms with Crippen LogP contribution in [-0.2, 0) is 65.9 Å². The fourth-order valence-electron chi connectivity index (χ4n) is 19.8. The number of amides is 10. The minimum Gasteiger partial charge on any atom is -0.497 e. The van der Waals surface area contributed by atoms with Crippen molar-refractivity contribution in [3.63, 3.8) is 0 Å². The molecular formula is C107H146F3N21O17. The highest BCUT2D eigenvalue weighted by molar-refractivity contribution is 5.96. The van der Waals surface area contributed by atoms with E-state index in [1.165, 1.54) is 23.8 Å². The molecule has 0 aromatic heterocycles. The Bertz CT molecular complexity index is 5370. The maximum atomic E-state index is 12.9. The molecule has 38 nitrogen and oxygen atoms in total. The first-order valence-corrected chi connectivity index (χ1v) is 51.1. The van der Waals surface area contributed by atoms with Crippen molar-refractivity contribution in [2.24, 2.45) is 17.2 Å². The van der Waals surface area contributed by atoms with Crippen LogP contribution in [0.1, 0.15) is 182 Å². The number of carbonyl (C=O) groups excluding carboxylic acids is 10. The van der Waals surface area contributed by atoms with Crippen molar-refractivity contribution in [2.45, 2.75) is 197 Å². The number of nitrogens with two attached hydrogens (primary N) is 3. The van der Waals surface area contributed by atoms with Crippen LogP contribution in [0.25, 0.3) is 0 Å². The van der Waals surface area contributed by atoms with E-state index in [0.717, 1.165) is 214 Å². The van der Waals surface area contributed by atoms with Crippen molar-refractivity contribution in [1.29, 1.82) is 0 Å². The summed E-state index contributed by atoms with van der Waals surface area (Å²) in [7, 11) is 1.66. The Morgan fingerprint density at radius 2 is 0.730 bits per heavy atom. The number of hydrogen-bond donors (Lipinski definition) is 13. The first-order chi connectivity index (χ1) is 71.4. The summed E-state index contributed by atoms with van der Waals surface area (Å²) in [5.41, 5.74) is 21.9. The molecule has 0 bridgehead atoms. The lowest BCUT2D eigenvalue weighted by molar-refractivity contribution is -0.384. The van der Waals surface area contributed by atoms with Crippen LogP contribution in [-0.4, -0.2) is 270 Å². The van der Waals surface area contributed by atoms with Gasteiger partial charge in [-0.3, -0.25) is 38.9 Å². The van der Waals surface area contributed by atoms with Gasteiger partial charge in [-0.05, 0) is 340 Å². The number of aryl methyl sites for hydroxylation is 1. The number of benzene rings is 7. The van der Waals surface area contributed by atoms with Gasteiger partial charge in [0.25, 0.3) is 5.69 Å². The number of primary amides is 3. The molecule has 0 unspecified atom stereocenters. The van der Waals surface area contributed by atoms with Gasteiger partial charge in [0.15, 0.2) is 0 Å². The number of rotatable bonds is 26. The van der Waals surface area contributed by atoms with E-state index in [1.807, 2.05) is 43.0 Å². The summed E-state index contributed by atoms with van der Waals surface area (Å²) in [5.74, 6) is -0.324. The third-order valence-corrected chi connectivity index (χ3v) is 28.2. The number of methoxy groups -OCH3 is 1. The Labute approximate surface area is 863 Å². The second kappa shape index (κ2) is 57.0. The molecule has 802 valence electrons. The van der Waals surface area contributed by atoms with Gasteiger partial charge in [0, 0.05) is 96.2 Å². The van der Waals surface area contributed by atoms with E-state index in [2.05, 4.69) is 108 Å². The topological polar surface area (TPSA) is 481 Å². The summed E-state index contributed by atoms with van der Waals surface area (Å²) in [6, 6.07) is 48.7. The van der Waals surface area contributed by atoms with E-state index in [4.69, 9.17) is 40.9 Å². The Morgan fingerprint density at radius 1 is 0.426 bits per heavy atom. The quantitative estimate of drug-likeness (QED) is 0.0104. The summed E-state index contributed by atoms with van der Waals surface area (Å²) in [5, 5.41) is 42.3. The number of ether oxygens (including phenoxy) is 5. The predicted octanol–water partition coefficient (Wildman–Crippen LogP) is 10.8. The number of alkyl halides is 3. The van der Waals surface area contributed by atoms with Crippen LogP contribution in [0, 0.1) is 17.0 Å². The fourth-order valence-corrected chi connectivity index (χ4v) is 19.8. The summed E-state index contributed by atoms with van der Waals surface area (Å²) in [6.45, 7) is 28.7. The second-order valence-corrected chi connectivity index (χ2v) is 37.7. The van der Waals surface area contributed by atoms with Crippen LogP contribution in [0.4, 0.5) is 55.1 Å². The molecule has 10 aliphatic heterocycles. The third-order valence-electron chi connectivity index (χ3n) is 28.2. The van der Waals surface area contributed by atoms with Gasteiger partial charge in [-0.2, -0.15) is 13.2 Å². The number of carbonyl (C=O) groups is 10. The smallest absolute Gasteiger partial charge is 0.416 e. The van der Waals surface area contributed by atoms with Crippen LogP contribution in [0.2, 0.25) is 0 Å². The molecule has 10 heterocycles. The fraction of sp³-hybridized carbons (Fsp3) is 0.495. The van der Waals surface area contributed by atoms with Gasteiger partial charge < -0.3 is 128 Å². The van der Waals surface area contributed by atoms with Crippen LogP contribution < -0.4 is 89.8 Å². The lowest BCUT2D eigenvalue weighted by atomic mass is 9.86. The molecule has 10 amide bonds. The number of piperidine rings is 7. The molecule has 0 radical (unpaired) electrons. The highest BCUT2D eigenvalue weighted by atomic mass is 19.4. The Morgan fingerprint density at radius 3 is 1.04 bits per heavy atom. The van der Waals surface area contributed by atoms with Gasteiger partial charge >= 0.3 is 30.5 Å². The highest BCUT2D eigenvalue weighted by Crippen LogP contribution is 2.40. The first-order valence-electron chi connectivity index (χ1n) is 51.1. The average molecular weight is 2060 g/mol. The van der Waals surface area contributed by atoms with Gasteiger partial charge in [-0.15, -0.1) is 6.58 Å². The van der Waals surface area contributed by atoms with Crippen molar-refractivity contribution in [2.75, 3.05) is 160 Å². The molecule has 16 N–H and O–H groups in total. The Hall–Kier alpha value is -13.7. The maximum absolute atomic E-state index is 12.9. The van der Waals surface area contributed by atoms with Crippen molar-refractivity contribution in [1.82, 2.24) is 72.8 Å². The number of halogens is 3. The SMILES string of the molecule is C=CCN(C(=O)OCc1ccc(C(N)=O)cc1)C1CCNCC1.CCCN(C(=O)OCc1ccc(C(N)=O)cc1)C1CCNCC1.CCN(C(=O)OCc1ccc(C(N)=O)cc1)C1CCNCC1.CCN(C(=O)OCc1ccc([N+](=O)[O-])cc1)C1CCNCC1.COc1ccc(N2CNC(=O)C23CCNCC3)cc1.Cc1cccc(N2CNC(=O)C23CCNCC3)c1.O=C1NCN(c2cccc(C(F)(F)F)c2)C12CCNCC2. The largest absolute Gasteiger partial charge is 0.497 e. The van der Waals surface area contributed by atoms with Gasteiger partial charge in [0.2, 0.25) is 35.4 Å². The average Bonchev–Trinajstić information content (AvgIpc) is 1.61. The molecule has 10 aliphatic rings. The van der Waals surface area contributed by atoms with Crippen molar-refractivity contribution < 1.29 is 89.7 Å². The zero-order valence-corrected chi connectivity index (χ0v) is 85.4. The monoisotopic (exact) mass is 2050 g/mol. The zero-order valence-electron chi connectivity index (χ0n) is 85.4. The van der Waals surface area contributed by atoms with Gasteiger partial charge in [-0.1, -0.05) is 67.6 Å². The molecule has 0 aliphatic carbocycles. The van der Waals surface area contributed by atoms with Crippen LogP contribution >= 0.6 is 0 Å². The van der Waals surface area contributed by atoms with E-state index >= 15 is 0 Å². The second-order valence-electron chi connectivity index (χ2n) is 37.7. The number of hydrogen-bond acceptors (Lipinski definition) is 27. The molecule has 7 aromatic rings. The Balaban J connectivity index is 0.000000164. The standard InChI is InChI=1S/C17H25N3O3.C17H23N3O3.C16H23N3O3.C15H21N3O4.C14H16F3N3O.C14H19N3O2.C14H19N3O/c2*1-2-11-20(15-7-9-19-10-8-15)17(22)23-12-13-3-5-14(6-4-13)16(18)21;1-2-19(14-7-9-18-10-8-14)16(21)22-11-12-3-5-13(6-4-12)15(17)20;1-2-17(13-7-9-16-10-8-13)15(19)22-11-12-3-5-14(6-4-12)18(20)21;15-14(16,17)10-2-1-3-11(8-10)20-9-19-12(21)13(20)4-6-18-7-5-13;1-19-12-4-2-11(3-5-12)17-10-16-13(18)14(17)6-8-15-9-7-14;1-11-3-2-4-12(9-11)17-10-16-13(18)14(17)5-7-15-8-6-14/h3-6,15,19H,2,7-12H2,1H3,(H2,18,21);2-6,15,19H,1,7-12H2,(H2,18,21);3-6,14,18H,2,7-11H2,1H3,(H2,17,20);3-6,13,16H,2,7-11H2,1H3;1-3,8,18H,4-7,9H2,(H,19,21);2-5,15H,6-10H2,1H3,(H,16,18);2-4,9,15H,5-8,10H2,1H3,(H,16,18). The van der Waals surface area contributed by atoms with E-state index in [-0.39, 0.29) is 116 Å². The van der Waals surface area contributed by atoms with Crippen LogP contribution in [0.5, 0.6) is 5.75 Å². The van der Waals surface area contributed by atoms with E-state index in [0.29, 0.717) is 87.8 Å².